The summed E-state index contributed by atoms with van der Waals surface area (Å²) in [5.41, 5.74) is 0.268. The lowest BCUT2D eigenvalue weighted by Gasteiger charge is -2.20. The minimum atomic E-state index is -0.877. The molecule has 0 aliphatic carbocycles. The van der Waals surface area contributed by atoms with Crippen LogP contribution in [0.2, 0.25) is 0 Å². The zero-order valence-corrected chi connectivity index (χ0v) is 9.78. The van der Waals surface area contributed by atoms with Crippen LogP contribution in [-0.2, 0) is 4.79 Å². The molecule has 0 aliphatic heterocycles. The number of rotatable bonds is 5. The molecular weight excluding hydrogens is 228 g/mol. The van der Waals surface area contributed by atoms with Gasteiger partial charge < -0.3 is 10.0 Å². The fraction of sp³-hybridized carbons (Fsp3) is 0.417. The molecule has 1 aromatic carbocycles. The highest BCUT2D eigenvalue weighted by Crippen LogP contribution is 2.19. The molecule has 5 heteroatoms. The van der Waals surface area contributed by atoms with Gasteiger partial charge in [0.1, 0.15) is 11.6 Å². The summed E-state index contributed by atoms with van der Waals surface area (Å²) < 4.78 is 26.1. The molecule has 3 nitrogen and oxygen atoms in total. The Labute approximate surface area is 98.7 Å². The molecule has 1 unspecified atom stereocenters. The first-order valence-electron chi connectivity index (χ1n) is 5.31. The van der Waals surface area contributed by atoms with Gasteiger partial charge in [0, 0.05) is 19.7 Å². The summed E-state index contributed by atoms with van der Waals surface area (Å²) in [6, 6.07) is 3.33. The lowest BCUT2D eigenvalue weighted by atomic mass is 10.1. The standard InChI is InChI=1S/C12H15F2NO2/c1-8(12(16)17)5-6-15(2)11-4-3-9(13)7-10(11)14/h3-4,7-8H,5-6H2,1-2H3,(H,16,17). The van der Waals surface area contributed by atoms with Crippen molar-refractivity contribution in [2.75, 3.05) is 18.5 Å². The number of halogens is 2. The second-order valence-electron chi connectivity index (χ2n) is 4.05. The molecule has 0 aromatic heterocycles. The number of hydrogen-bond acceptors (Lipinski definition) is 2. The molecule has 1 N–H and O–H groups in total. The van der Waals surface area contributed by atoms with Crippen LogP contribution in [0.25, 0.3) is 0 Å². The third-order valence-corrected chi connectivity index (χ3v) is 2.64. The van der Waals surface area contributed by atoms with Gasteiger partial charge in [-0.2, -0.15) is 0 Å². The van der Waals surface area contributed by atoms with Crippen molar-refractivity contribution in [3.8, 4) is 0 Å². The molecular formula is C12H15F2NO2. The Morgan fingerprint density at radius 3 is 2.65 bits per heavy atom. The Bertz CT molecular complexity index is 409. The van der Waals surface area contributed by atoms with Gasteiger partial charge in [-0.1, -0.05) is 6.92 Å². The fourth-order valence-electron chi connectivity index (χ4n) is 1.42. The van der Waals surface area contributed by atoms with E-state index in [0.717, 1.165) is 6.07 Å². The summed E-state index contributed by atoms with van der Waals surface area (Å²) in [7, 11) is 1.64. The predicted octanol–water partition coefficient (Wildman–Crippen LogP) is 2.51. The van der Waals surface area contributed by atoms with Crippen LogP contribution in [0.15, 0.2) is 18.2 Å². The molecule has 0 spiro atoms. The van der Waals surface area contributed by atoms with E-state index < -0.39 is 23.5 Å². The van der Waals surface area contributed by atoms with E-state index in [9.17, 15) is 13.6 Å². The second-order valence-corrected chi connectivity index (χ2v) is 4.05. The van der Waals surface area contributed by atoms with Crippen molar-refractivity contribution in [1.82, 2.24) is 0 Å². The number of benzene rings is 1. The molecule has 0 heterocycles. The van der Waals surface area contributed by atoms with Gasteiger partial charge in [-0.25, -0.2) is 8.78 Å². The zero-order chi connectivity index (χ0) is 13.0. The van der Waals surface area contributed by atoms with Crippen molar-refractivity contribution >= 4 is 11.7 Å². The normalized spacial score (nSPS) is 12.2. The summed E-state index contributed by atoms with van der Waals surface area (Å²) in [4.78, 5) is 12.2. The number of nitrogens with zero attached hydrogens (tertiary/aromatic N) is 1. The molecule has 0 bridgehead atoms. The summed E-state index contributed by atoms with van der Waals surface area (Å²) in [6.45, 7) is 1.99. The minimum absolute atomic E-state index is 0.268. The van der Waals surface area contributed by atoms with Gasteiger partial charge in [-0.3, -0.25) is 4.79 Å². The van der Waals surface area contributed by atoms with Crippen LogP contribution in [0.3, 0.4) is 0 Å². The number of carbonyl (C=O) groups is 1. The third kappa shape index (κ3) is 3.69. The fourth-order valence-corrected chi connectivity index (χ4v) is 1.42. The highest BCUT2D eigenvalue weighted by molar-refractivity contribution is 5.69. The number of aliphatic carboxylic acids is 1. The molecule has 0 amide bonds. The van der Waals surface area contributed by atoms with E-state index in [1.807, 2.05) is 0 Å². The summed E-state index contributed by atoms with van der Waals surface area (Å²) in [6.07, 6.45) is 0.405. The van der Waals surface area contributed by atoms with Crippen molar-refractivity contribution in [1.29, 1.82) is 0 Å². The molecule has 0 saturated heterocycles. The molecule has 1 atom stereocenters. The number of carboxylic acids is 1. The molecule has 94 valence electrons. The van der Waals surface area contributed by atoms with Crippen LogP contribution in [-0.4, -0.2) is 24.7 Å². The maximum absolute atomic E-state index is 13.4. The van der Waals surface area contributed by atoms with Gasteiger partial charge in [-0.05, 0) is 18.6 Å². The summed E-state index contributed by atoms with van der Waals surface area (Å²) in [5.74, 6) is -2.63. The smallest absolute Gasteiger partial charge is 0.306 e. The average Bonchev–Trinajstić information content (AvgIpc) is 2.25. The van der Waals surface area contributed by atoms with Gasteiger partial charge in [0.25, 0.3) is 0 Å². The van der Waals surface area contributed by atoms with Gasteiger partial charge in [-0.15, -0.1) is 0 Å². The molecule has 0 radical (unpaired) electrons. The average molecular weight is 243 g/mol. The number of carboxylic acid groups (broad SMARTS) is 1. The summed E-state index contributed by atoms with van der Waals surface area (Å²) in [5, 5.41) is 8.71. The third-order valence-electron chi connectivity index (χ3n) is 2.64. The SMILES string of the molecule is CC(CCN(C)c1ccc(F)cc1F)C(=O)O. The van der Waals surface area contributed by atoms with Crippen LogP contribution < -0.4 is 4.90 Å². The first-order chi connectivity index (χ1) is 7.91. The predicted molar refractivity (Wildman–Crippen MR) is 61.0 cm³/mol. The lowest BCUT2D eigenvalue weighted by molar-refractivity contribution is -0.141. The molecule has 1 rings (SSSR count). The molecule has 17 heavy (non-hydrogen) atoms. The van der Waals surface area contributed by atoms with Crippen molar-refractivity contribution in [2.45, 2.75) is 13.3 Å². The first-order valence-corrected chi connectivity index (χ1v) is 5.31. The molecule has 0 aliphatic rings. The van der Waals surface area contributed by atoms with Crippen LogP contribution in [0, 0.1) is 17.6 Å². The Balaban J connectivity index is 2.64. The highest BCUT2D eigenvalue weighted by atomic mass is 19.1. The quantitative estimate of drug-likeness (QED) is 0.863. The van der Waals surface area contributed by atoms with Crippen molar-refractivity contribution in [3.05, 3.63) is 29.8 Å². The lowest BCUT2D eigenvalue weighted by Crippen LogP contribution is -2.23. The molecule has 0 fully saturated rings. The van der Waals surface area contributed by atoms with Crippen molar-refractivity contribution in [2.24, 2.45) is 5.92 Å². The maximum Gasteiger partial charge on any atom is 0.306 e. The van der Waals surface area contributed by atoms with Gasteiger partial charge in [0.05, 0.1) is 11.6 Å². The van der Waals surface area contributed by atoms with E-state index in [1.165, 1.54) is 12.1 Å². The molecule has 0 saturated carbocycles. The topological polar surface area (TPSA) is 40.5 Å². The van der Waals surface area contributed by atoms with E-state index in [0.29, 0.717) is 13.0 Å². The van der Waals surface area contributed by atoms with Crippen LogP contribution in [0.5, 0.6) is 0 Å². The maximum atomic E-state index is 13.4. The van der Waals surface area contributed by atoms with Crippen LogP contribution in [0.4, 0.5) is 14.5 Å². The summed E-state index contributed by atoms with van der Waals surface area (Å²) >= 11 is 0. The Morgan fingerprint density at radius 2 is 2.12 bits per heavy atom. The van der Waals surface area contributed by atoms with E-state index in [-0.39, 0.29) is 5.69 Å². The van der Waals surface area contributed by atoms with E-state index in [2.05, 4.69) is 0 Å². The Kier molecular flexibility index (Phi) is 4.43. The van der Waals surface area contributed by atoms with Crippen molar-refractivity contribution in [3.63, 3.8) is 0 Å². The monoisotopic (exact) mass is 243 g/mol. The van der Waals surface area contributed by atoms with Gasteiger partial charge in [0.2, 0.25) is 0 Å². The first kappa shape index (κ1) is 13.4. The van der Waals surface area contributed by atoms with Crippen LogP contribution in [0.1, 0.15) is 13.3 Å². The van der Waals surface area contributed by atoms with E-state index in [1.54, 1.807) is 18.9 Å². The molecule has 1 aromatic rings. The Hall–Kier alpha value is -1.65. The second kappa shape index (κ2) is 5.61. The highest BCUT2D eigenvalue weighted by Gasteiger charge is 2.13. The minimum Gasteiger partial charge on any atom is -0.481 e. The number of anilines is 1. The Morgan fingerprint density at radius 1 is 1.47 bits per heavy atom. The van der Waals surface area contributed by atoms with E-state index >= 15 is 0 Å². The van der Waals surface area contributed by atoms with E-state index in [4.69, 9.17) is 5.11 Å². The van der Waals surface area contributed by atoms with Crippen LogP contribution >= 0.6 is 0 Å². The van der Waals surface area contributed by atoms with Crippen molar-refractivity contribution < 1.29 is 18.7 Å². The zero-order valence-electron chi connectivity index (χ0n) is 9.78. The number of hydrogen-bond donors (Lipinski definition) is 1. The van der Waals surface area contributed by atoms with Gasteiger partial charge in [0.15, 0.2) is 0 Å². The largest absolute Gasteiger partial charge is 0.481 e. The van der Waals surface area contributed by atoms with Gasteiger partial charge >= 0.3 is 5.97 Å².